The molecule has 0 spiro atoms. The van der Waals surface area contributed by atoms with Gasteiger partial charge in [-0.05, 0) is 52.7 Å². The van der Waals surface area contributed by atoms with E-state index in [4.69, 9.17) is 0 Å². The van der Waals surface area contributed by atoms with Crippen molar-refractivity contribution < 1.29 is 22.8 Å². The van der Waals surface area contributed by atoms with Gasteiger partial charge in [-0.15, -0.1) is 0 Å². The highest BCUT2D eigenvalue weighted by molar-refractivity contribution is 9.10. The Morgan fingerprint density at radius 2 is 1.65 bits per heavy atom. The summed E-state index contributed by atoms with van der Waals surface area (Å²) in [6.07, 6.45) is -4.95. The van der Waals surface area contributed by atoms with Gasteiger partial charge in [0.15, 0.2) is 0 Å². The molecule has 2 aromatic rings. The molecule has 2 rings (SSSR count). The fourth-order valence-electron chi connectivity index (χ4n) is 1.90. The first kappa shape index (κ1) is 19.6. The van der Waals surface area contributed by atoms with Gasteiger partial charge in [0, 0.05) is 10.2 Å². The van der Waals surface area contributed by atoms with E-state index in [2.05, 4.69) is 26.5 Å². The Morgan fingerprint density at radius 3 is 2.23 bits per heavy atom. The summed E-state index contributed by atoms with van der Waals surface area (Å²) in [5.41, 5.74) is 3.83. The van der Waals surface area contributed by atoms with E-state index in [-0.39, 0.29) is 5.69 Å². The first-order valence-corrected chi connectivity index (χ1v) is 8.05. The zero-order valence-corrected chi connectivity index (χ0v) is 15.0. The Bertz CT molecular complexity index is 849. The van der Waals surface area contributed by atoms with Gasteiger partial charge in [0.25, 0.3) is 5.91 Å². The molecule has 0 fully saturated rings. The summed E-state index contributed by atoms with van der Waals surface area (Å²) in [6, 6.07) is 12.4. The number of rotatable bonds is 4. The van der Waals surface area contributed by atoms with Crippen molar-refractivity contribution in [1.29, 1.82) is 0 Å². The van der Waals surface area contributed by atoms with E-state index in [9.17, 15) is 22.8 Å². The highest BCUT2D eigenvalue weighted by atomic mass is 79.9. The first-order chi connectivity index (χ1) is 12.2. The minimum Gasteiger partial charge on any atom is -0.318 e. The van der Waals surface area contributed by atoms with Gasteiger partial charge in [-0.1, -0.05) is 24.3 Å². The average Bonchev–Trinajstić information content (AvgIpc) is 2.59. The Hall–Kier alpha value is -2.68. The molecule has 0 aliphatic rings. The van der Waals surface area contributed by atoms with Gasteiger partial charge in [0.2, 0.25) is 0 Å². The zero-order valence-electron chi connectivity index (χ0n) is 13.4. The molecule has 0 saturated heterocycles. The van der Waals surface area contributed by atoms with Crippen molar-refractivity contribution in [3.8, 4) is 0 Å². The number of hydrazone groups is 1. The first-order valence-electron chi connectivity index (χ1n) is 7.26. The maximum absolute atomic E-state index is 12.2. The molecule has 2 aromatic carbocycles. The normalized spacial score (nSPS) is 11.8. The second kappa shape index (κ2) is 8.13. The molecule has 0 unspecified atom stereocenters. The number of hydrogen-bond acceptors (Lipinski definition) is 3. The van der Waals surface area contributed by atoms with Gasteiger partial charge in [-0.3, -0.25) is 9.59 Å². The predicted molar refractivity (Wildman–Crippen MR) is 94.9 cm³/mol. The number of amides is 2. The van der Waals surface area contributed by atoms with E-state index in [0.29, 0.717) is 21.3 Å². The van der Waals surface area contributed by atoms with E-state index >= 15 is 0 Å². The molecule has 0 heterocycles. The van der Waals surface area contributed by atoms with Gasteiger partial charge in [0.1, 0.15) is 0 Å². The second-order valence-corrected chi connectivity index (χ2v) is 6.00. The monoisotopic (exact) mass is 427 g/mol. The van der Waals surface area contributed by atoms with E-state index in [1.54, 1.807) is 36.5 Å². The van der Waals surface area contributed by atoms with Crippen LogP contribution in [0.25, 0.3) is 0 Å². The largest absolute Gasteiger partial charge is 0.471 e. The molecule has 0 atom stereocenters. The number of nitrogens with one attached hydrogen (secondary N) is 2. The topological polar surface area (TPSA) is 70.6 Å². The number of alkyl halides is 3. The van der Waals surface area contributed by atoms with E-state index in [0.717, 1.165) is 0 Å². The quantitative estimate of drug-likeness (QED) is 0.569. The number of anilines is 1. The van der Waals surface area contributed by atoms with Crippen LogP contribution < -0.4 is 10.7 Å². The van der Waals surface area contributed by atoms with Crippen molar-refractivity contribution in [2.75, 3.05) is 5.32 Å². The fourth-order valence-corrected chi connectivity index (χ4v) is 2.37. The van der Waals surface area contributed by atoms with Gasteiger partial charge < -0.3 is 5.32 Å². The molecule has 136 valence electrons. The lowest BCUT2D eigenvalue weighted by atomic mass is 10.1. The number of carbonyl (C=O) groups is 2. The van der Waals surface area contributed by atoms with Gasteiger partial charge in [0.05, 0.1) is 11.3 Å². The summed E-state index contributed by atoms with van der Waals surface area (Å²) < 4.78 is 37.3. The highest BCUT2D eigenvalue weighted by Crippen LogP contribution is 2.19. The molecule has 9 heteroatoms. The summed E-state index contributed by atoms with van der Waals surface area (Å²) in [5.74, 6) is -2.46. The van der Waals surface area contributed by atoms with Gasteiger partial charge >= 0.3 is 12.1 Å². The SMILES string of the molecule is C/C(=N/NC(=O)c1ccccc1Br)c1ccc(NC(=O)C(F)(F)F)cc1. The van der Waals surface area contributed by atoms with Crippen LogP contribution in [0, 0.1) is 0 Å². The van der Waals surface area contributed by atoms with Gasteiger partial charge in [-0.2, -0.15) is 18.3 Å². The molecule has 2 amide bonds. The molecule has 0 aliphatic heterocycles. The van der Waals surface area contributed by atoms with E-state index in [1.807, 2.05) is 0 Å². The maximum Gasteiger partial charge on any atom is 0.471 e. The third-order valence-corrected chi connectivity index (χ3v) is 3.95. The number of hydrogen-bond donors (Lipinski definition) is 2. The Balaban J connectivity index is 2.04. The van der Waals surface area contributed by atoms with Crippen molar-refractivity contribution in [2.45, 2.75) is 13.1 Å². The van der Waals surface area contributed by atoms with Crippen LogP contribution in [0.1, 0.15) is 22.8 Å². The standard InChI is InChI=1S/C17H13BrF3N3O2/c1-10(23-24-15(25)13-4-2-3-5-14(13)18)11-6-8-12(9-7-11)22-16(26)17(19,20)21/h2-9H,1H3,(H,22,26)(H,24,25)/b23-10-. The van der Waals surface area contributed by atoms with Crippen LogP contribution in [0.5, 0.6) is 0 Å². The zero-order chi connectivity index (χ0) is 19.3. The van der Waals surface area contributed by atoms with Crippen molar-refractivity contribution in [2.24, 2.45) is 5.10 Å². The van der Waals surface area contributed by atoms with E-state index in [1.165, 1.54) is 24.3 Å². The Labute approximate surface area is 155 Å². The third-order valence-electron chi connectivity index (χ3n) is 3.26. The summed E-state index contributed by atoms with van der Waals surface area (Å²) in [7, 11) is 0. The molecule has 0 aliphatic carbocycles. The molecule has 2 N–H and O–H groups in total. The molecule has 26 heavy (non-hydrogen) atoms. The molecular formula is C17H13BrF3N3O2. The van der Waals surface area contributed by atoms with Crippen LogP contribution >= 0.6 is 15.9 Å². The molecule has 0 saturated carbocycles. The van der Waals surface area contributed by atoms with Crippen LogP contribution in [0.15, 0.2) is 58.1 Å². The third kappa shape index (κ3) is 5.16. The second-order valence-electron chi connectivity index (χ2n) is 5.15. The lowest BCUT2D eigenvalue weighted by molar-refractivity contribution is -0.167. The number of nitrogens with zero attached hydrogens (tertiary/aromatic N) is 1. The molecule has 0 aromatic heterocycles. The summed E-state index contributed by atoms with van der Waals surface area (Å²) in [6.45, 7) is 1.63. The number of benzene rings is 2. The van der Waals surface area contributed by atoms with Crippen molar-refractivity contribution in [3.05, 3.63) is 64.1 Å². The van der Waals surface area contributed by atoms with Crippen LogP contribution in [-0.2, 0) is 4.79 Å². The summed E-state index contributed by atoms with van der Waals surface area (Å²) in [4.78, 5) is 22.9. The van der Waals surface area contributed by atoms with Gasteiger partial charge in [-0.25, -0.2) is 5.43 Å². The molecule has 5 nitrogen and oxygen atoms in total. The van der Waals surface area contributed by atoms with Crippen LogP contribution in [0.4, 0.5) is 18.9 Å². The minimum atomic E-state index is -4.95. The lowest BCUT2D eigenvalue weighted by Crippen LogP contribution is -2.29. The molecular weight excluding hydrogens is 415 g/mol. The maximum atomic E-state index is 12.2. The highest BCUT2D eigenvalue weighted by Gasteiger charge is 2.38. The Morgan fingerprint density at radius 1 is 1.04 bits per heavy atom. The number of halogens is 4. The number of carbonyl (C=O) groups excluding carboxylic acids is 2. The predicted octanol–water partition coefficient (Wildman–Crippen LogP) is 4.10. The smallest absolute Gasteiger partial charge is 0.318 e. The van der Waals surface area contributed by atoms with Crippen molar-refractivity contribution in [3.63, 3.8) is 0 Å². The van der Waals surface area contributed by atoms with Crippen LogP contribution in [-0.4, -0.2) is 23.7 Å². The minimum absolute atomic E-state index is 0.00104. The average molecular weight is 428 g/mol. The van der Waals surface area contributed by atoms with Crippen LogP contribution in [0.2, 0.25) is 0 Å². The lowest BCUT2D eigenvalue weighted by Gasteiger charge is -2.09. The molecule has 0 radical (unpaired) electrons. The van der Waals surface area contributed by atoms with Crippen molar-refractivity contribution >= 4 is 39.1 Å². The fraction of sp³-hybridized carbons (Fsp3) is 0.118. The summed E-state index contributed by atoms with van der Waals surface area (Å²) >= 11 is 3.27. The molecule has 0 bridgehead atoms. The summed E-state index contributed by atoms with van der Waals surface area (Å²) in [5, 5.41) is 5.72. The Kier molecular flexibility index (Phi) is 6.14. The van der Waals surface area contributed by atoms with Crippen LogP contribution in [0.3, 0.4) is 0 Å². The van der Waals surface area contributed by atoms with E-state index < -0.39 is 18.0 Å². The van der Waals surface area contributed by atoms with Crippen molar-refractivity contribution in [1.82, 2.24) is 5.43 Å².